The zero-order chi connectivity index (χ0) is 40.0. The number of hydrogen-bond acceptors (Lipinski definition) is 8. The molecule has 0 aliphatic carbocycles. The predicted octanol–water partition coefficient (Wildman–Crippen LogP) is 7.93. The summed E-state index contributed by atoms with van der Waals surface area (Å²) < 4.78 is 23.1. The average Bonchev–Trinajstić information content (AvgIpc) is 3.73. The van der Waals surface area contributed by atoms with Gasteiger partial charge >= 0.3 is 0 Å². The van der Waals surface area contributed by atoms with Gasteiger partial charge in [-0.3, -0.25) is 14.6 Å². The van der Waals surface area contributed by atoms with Gasteiger partial charge in [0.25, 0.3) is 0 Å². The molecule has 4 aromatic carbocycles. The molecular formula is C48H64N4O5. The molecule has 2 fully saturated rings. The first kappa shape index (κ1) is 42.0. The molecule has 0 saturated carbocycles. The Morgan fingerprint density at radius 2 is 1.12 bits per heavy atom. The number of amides is 1. The SMILES string of the molecule is COc1cccc(OC)c1CN1CCC(N(CCCCCCCN2CC[C@@H](C(C(N)=O)(c3ccccc3)c3ccccc3)C2)Cc2c(OC)cccc2OC)CC1. The van der Waals surface area contributed by atoms with Crippen molar-refractivity contribution in [1.29, 1.82) is 0 Å². The number of ether oxygens (including phenoxy) is 4. The summed E-state index contributed by atoms with van der Waals surface area (Å²) in [5.41, 5.74) is 9.72. The summed E-state index contributed by atoms with van der Waals surface area (Å²) in [6.07, 6.45) is 9.05. The second kappa shape index (κ2) is 20.7. The van der Waals surface area contributed by atoms with E-state index in [0.717, 1.165) is 130 Å². The van der Waals surface area contributed by atoms with E-state index in [2.05, 4.69) is 39.0 Å². The van der Waals surface area contributed by atoms with E-state index < -0.39 is 5.41 Å². The largest absolute Gasteiger partial charge is 0.496 e. The highest BCUT2D eigenvalue weighted by molar-refractivity contribution is 5.91. The standard InChI is InChI=1S/C48H64N4O5/c1-54-43-22-16-23-44(55-2)41(43)35-51-32-27-40(28-33-51)52(36-42-45(56-3)24-17-25-46(42)57-4)30-15-7-5-6-14-29-50-31-26-39(34-50)48(47(49)53,37-18-10-8-11-19-37)38-20-12-9-13-21-38/h8-13,16-25,39-40H,5-7,14-15,26-36H2,1-4H3,(H2,49,53)/t39-/m1/s1. The smallest absolute Gasteiger partial charge is 0.232 e. The van der Waals surface area contributed by atoms with E-state index >= 15 is 0 Å². The molecule has 2 aliphatic rings. The van der Waals surface area contributed by atoms with Crippen LogP contribution in [0.1, 0.15) is 73.6 Å². The number of carbonyl (C=O) groups excluding carboxylic acids is 1. The van der Waals surface area contributed by atoms with Gasteiger partial charge < -0.3 is 29.6 Å². The van der Waals surface area contributed by atoms with Crippen molar-refractivity contribution in [2.45, 2.75) is 75.9 Å². The zero-order valence-corrected chi connectivity index (χ0v) is 34.7. The fraction of sp³-hybridized carbons (Fsp3) is 0.479. The van der Waals surface area contributed by atoms with E-state index in [1.807, 2.05) is 72.8 Å². The van der Waals surface area contributed by atoms with E-state index in [9.17, 15) is 4.79 Å². The molecule has 1 atom stereocenters. The minimum atomic E-state index is -0.837. The van der Waals surface area contributed by atoms with Gasteiger partial charge in [-0.05, 0) is 106 Å². The first-order chi connectivity index (χ1) is 27.9. The predicted molar refractivity (Wildman–Crippen MR) is 228 cm³/mol. The summed E-state index contributed by atoms with van der Waals surface area (Å²) in [6, 6.07) is 32.9. The third kappa shape index (κ3) is 9.94. The Kier molecular flexibility index (Phi) is 15.3. The molecule has 2 aliphatic heterocycles. The maximum atomic E-state index is 13.5. The van der Waals surface area contributed by atoms with Gasteiger partial charge in [0.15, 0.2) is 0 Å². The van der Waals surface area contributed by atoms with Crippen molar-refractivity contribution in [1.82, 2.24) is 14.7 Å². The van der Waals surface area contributed by atoms with Gasteiger partial charge in [-0.25, -0.2) is 0 Å². The van der Waals surface area contributed by atoms with E-state index in [0.29, 0.717) is 6.04 Å². The maximum Gasteiger partial charge on any atom is 0.232 e. The molecule has 9 nitrogen and oxygen atoms in total. The monoisotopic (exact) mass is 776 g/mol. The van der Waals surface area contributed by atoms with Crippen LogP contribution in [0.2, 0.25) is 0 Å². The van der Waals surface area contributed by atoms with Crippen molar-refractivity contribution in [2.75, 3.05) is 67.7 Å². The molecule has 306 valence electrons. The first-order valence-corrected chi connectivity index (χ1v) is 20.9. The lowest BCUT2D eigenvalue weighted by Crippen LogP contribution is -2.49. The fourth-order valence-electron chi connectivity index (χ4n) is 9.52. The molecule has 4 aromatic rings. The lowest BCUT2D eigenvalue weighted by molar-refractivity contribution is -0.123. The van der Waals surface area contributed by atoms with Crippen LogP contribution in [0.25, 0.3) is 0 Å². The molecule has 6 rings (SSSR count). The number of nitrogens with two attached hydrogens (primary N) is 1. The Bertz CT molecular complexity index is 1750. The minimum Gasteiger partial charge on any atom is -0.496 e. The molecule has 2 saturated heterocycles. The highest BCUT2D eigenvalue weighted by atomic mass is 16.5. The third-order valence-corrected chi connectivity index (χ3v) is 12.5. The minimum absolute atomic E-state index is 0.128. The molecule has 2 heterocycles. The lowest BCUT2D eigenvalue weighted by Gasteiger charge is -2.39. The first-order valence-electron chi connectivity index (χ1n) is 20.9. The number of nitrogens with zero attached hydrogens (tertiary/aromatic N) is 3. The molecule has 1 amide bonds. The number of primary amides is 1. The van der Waals surface area contributed by atoms with Crippen molar-refractivity contribution in [3.05, 3.63) is 119 Å². The number of unbranched alkanes of at least 4 members (excludes halogenated alkanes) is 4. The fourth-order valence-corrected chi connectivity index (χ4v) is 9.52. The van der Waals surface area contributed by atoms with Crippen molar-refractivity contribution >= 4 is 5.91 Å². The zero-order valence-electron chi connectivity index (χ0n) is 34.7. The van der Waals surface area contributed by atoms with Crippen LogP contribution >= 0.6 is 0 Å². The van der Waals surface area contributed by atoms with Gasteiger partial charge in [-0.15, -0.1) is 0 Å². The number of carbonyl (C=O) groups is 1. The highest BCUT2D eigenvalue weighted by Crippen LogP contribution is 2.44. The number of rotatable bonds is 21. The van der Waals surface area contributed by atoms with Crippen molar-refractivity contribution in [3.8, 4) is 23.0 Å². The maximum absolute atomic E-state index is 13.5. The molecule has 57 heavy (non-hydrogen) atoms. The molecule has 0 aromatic heterocycles. The second-order valence-corrected chi connectivity index (χ2v) is 15.7. The quantitative estimate of drug-likeness (QED) is 0.0855. The summed E-state index contributed by atoms with van der Waals surface area (Å²) in [6.45, 7) is 7.59. The van der Waals surface area contributed by atoms with Crippen LogP contribution in [-0.4, -0.2) is 94.4 Å². The Morgan fingerprint density at radius 1 is 0.632 bits per heavy atom. The van der Waals surface area contributed by atoms with Crippen LogP contribution in [0.15, 0.2) is 97.1 Å². The number of methoxy groups -OCH3 is 4. The highest BCUT2D eigenvalue weighted by Gasteiger charge is 2.49. The number of piperidine rings is 1. The van der Waals surface area contributed by atoms with E-state index in [-0.39, 0.29) is 11.8 Å². The molecule has 2 N–H and O–H groups in total. The normalized spacial score (nSPS) is 16.8. The molecule has 0 bridgehead atoms. The number of likely N-dealkylation sites (tertiary alicyclic amines) is 2. The van der Waals surface area contributed by atoms with Crippen LogP contribution in [-0.2, 0) is 23.3 Å². The lowest BCUT2D eigenvalue weighted by atomic mass is 9.64. The molecule has 0 spiro atoms. The van der Waals surface area contributed by atoms with Crippen LogP contribution in [0.5, 0.6) is 23.0 Å². The number of hydrogen-bond donors (Lipinski definition) is 1. The van der Waals surface area contributed by atoms with Gasteiger partial charge in [0, 0.05) is 25.7 Å². The van der Waals surface area contributed by atoms with Crippen LogP contribution < -0.4 is 24.7 Å². The summed E-state index contributed by atoms with van der Waals surface area (Å²) in [5.74, 6) is 3.38. The molecular weight excluding hydrogens is 713 g/mol. The van der Waals surface area contributed by atoms with Crippen LogP contribution in [0, 0.1) is 5.92 Å². The van der Waals surface area contributed by atoms with Gasteiger partial charge in [0.05, 0.1) is 39.6 Å². The van der Waals surface area contributed by atoms with Crippen molar-refractivity contribution in [3.63, 3.8) is 0 Å². The average molecular weight is 777 g/mol. The molecule has 0 unspecified atom stereocenters. The summed E-state index contributed by atoms with van der Waals surface area (Å²) in [7, 11) is 6.95. The summed E-state index contributed by atoms with van der Waals surface area (Å²) >= 11 is 0. The van der Waals surface area contributed by atoms with Gasteiger partial charge in [0.2, 0.25) is 5.91 Å². The number of benzene rings is 4. The molecule has 9 heteroatoms. The van der Waals surface area contributed by atoms with Gasteiger partial charge in [-0.1, -0.05) is 92.1 Å². The van der Waals surface area contributed by atoms with Gasteiger partial charge in [0.1, 0.15) is 28.4 Å². The van der Waals surface area contributed by atoms with Crippen molar-refractivity contribution < 1.29 is 23.7 Å². The van der Waals surface area contributed by atoms with Crippen LogP contribution in [0.3, 0.4) is 0 Å². The second-order valence-electron chi connectivity index (χ2n) is 15.7. The van der Waals surface area contributed by atoms with E-state index in [1.54, 1.807) is 28.4 Å². The third-order valence-electron chi connectivity index (χ3n) is 12.5. The Hall–Kier alpha value is -4.57. The Labute approximate surface area is 341 Å². The Morgan fingerprint density at radius 3 is 1.65 bits per heavy atom. The van der Waals surface area contributed by atoms with Gasteiger partial charge in [-0.2, -0.15) is 0 Å². The van der Waals surface area contributed by atoms with Crippen molar-refractivity contribution in [2.24, 2.45) is 11.7 Å². The Balaban J connectivity index is 1.02. The van der Waals surface area contributed by atoms with E-state index in [1.165, 1.54) is 19.3 Å². The molecule has 0 radical (unpaired) electrons. The topological polar surface area (TPSA) is 89.7 Å². The van der Waals surface area contributed by atoms with Crippen LogP contribution in [0.4, 0.5) is 0 Å². The summed E-state index contributed by atoms with van der Waals surface area (Å²) in [5, 5.41) is 0. The van der Waals surface area contributed by atoms with E-state index in [4.69, 9.17) is 24.7 Å². The summed E-state index contributed by atoms with van der Waals surface area (Å²) in [4.78, 5) is 21.2.